The Kier molecular flexibility index (Phi) is 3.75. The second-order valence-electron chi connectivity index (χ2n) is 4.90. The van der Waals surface area contributed by atoms with Crippen LogP contribution >= 0.6 is 11.8 Å². The minimum absolute atomic E-state index is 0.113. The van der Waals surface area contributed by atoms with Gasteiger partial charge in [-0.25, -0.2) is 8.42 Å². The van der Waals surface area contributed by atoms with Crippen molar-refractivity contribution in [2.24, 2.45) is 0 Å². The van der Waals surface area contributed by atoms with Gasteiger partial charge in [0.2, 0.25) is 0 Å². The number of thioether (sulfide) groups is 1. The zero-order chi connectivity index (χ0) is 15.0. The quantitative estimate of drug-likeness (QED) is 0.859. The zero-order valence-corrected chi connectivity index (χ0v) is 13.3. The van der Waals surface area contributed by atoms with Gasteiger partial charge in [-0.15, -0.1) is 0 Å². The molecule has 1 aliphatic heterocycles. The number of nitrogens with zero attached hydrogens (tertiary/aromatic N) is 2. The van der Waals surface area contributed by atoms with Crippen LogP contribution in [0, 0.1) is 0 Å². The SMILES string of the molecule is CCS(=O)(=O)C1CSCCN1c1nc2cc(N)ccc2o1. The van der Waals surface area contributed by atoms with Crippen molar-refractivity contribution < 1.29 is 12.8 Å². The van der Waals surface area contributed by atoms with Crippen molar-refractivity contribution in [3.05, 3.63) is 18.2 Å². The summed E-state index contributed by atoms with van der Waals surface area (Å²) in [7, 11) is -3.18. The molecule has 2 aromatic rings. The van der Waals surface area contributed by atoms with Gasteiger partial charge in [-0.2, -0.15) is 16.7 Å². The fraction of sp³-hybridized carbons (Fsp3) is 0.462. The monoisotopic (exact) mass is 327 g/mol. The number of aromatic nitrogens is 1. The number of nitrogens with two attached hydrogens (primary N) is 1. The minimum Gasteiger partial charge on any atom is -0.423 e. The highest BCUT2D eigenvalue weighted by molar-refractivity contribution is 8.01. The number of hydrogen-bond acceptors (Lipinski definition) is 7. The van der Waals surface area contributed by atoms with Crippen molar-refractivity contribution in [3.63, 3.8) is 0 Å². The normalized spacial score (nSPS) is 20.0. The van der Waals surface area contributed by atoms with Gasteiger partial charge in [-0.3, -0.25) is 0 Å². The third-order valence-electron chi connectivity index (χ3n) is 3.55. The van der Waals surface area contributed by atoms with E-state index in [1.165, 1.54) is 0 Å². The van der Waals surface area contributed by atoms with E-state index in [1.54, 1.807) is 41.8 Å². The van der Waals surface area contributed by atoms with Crippen molar-refractivity contribution >= 4 is 44.4 Å². The molecular formula is C13H17N3O3S2. The second-order valence-corrected chi connectivity index (χ2v) is 8.50. The molecule has 3 rings (SSSR count). The first kappa shape index (κ1) is 14.5. The Morgan fingerprint density at radius 1 is 1.52 bits per heavy atom. The second kappa shape index (κ2) is 5.42. The molecule has 6 nitrogen and oxygen atoms in total. The van der Waals surface area contributed by atoms with E-state index in [1.807, 2.05) is 0 Å². The molecule has 2 heterocycles. The van der Waals surface area contributed by atoms with Gasteiger partial charge in [0, 0.05) is 29.5 Å². The van der Waals surface area contributed by atoms with Crippen LogP contribution in [0.5, 0.6) is 0 Å². The lowest BCUT2D eigenvalue weighted by Crippen LogP contribution is -2.48. The van der Waals surface area contributed by atoms with Crippen LogP contribution in [0.25, 0.3) is 11.1 Å². The fourth-order valence-electron chi connectivity index (χ4n) is 2.34. The average molecular weight is 327 g/mol. The van der Waals surface area contributed by atoms with E-state index >= 15 is 0 Å². The smallest absolute Gasteiger partial charge is 0.299 e. The van der Waals surface area contributed by atoms with Gasteiger partial charge < -0.3 is 15.1 Å². The summed E-state index contributed by atoms with van der Waals surface area (Å²) in [6.45, 7) is 2.27. The molecule has 0 amide bonds. The molecule has 1 saturated heterocycles. The number of fused-ring (bicyclic) bond motifs is 1. The van der Waals surface area contributed by atoms with Crippen molar-refractivity contribution in [2.75, 3.05) is 34.4 Å². The molecule has 1 atom stereocenters. The molecule has 0 spiro atoms. The summed E-state index contributed by atoms with van der Waals surface area (Å²) >= 11 is 1.64. The number of rotatable bonds is 3. The van der Waals surface area contributed by atoms with Crippen LogP contribution in [0.15, 0.2) is 22.6 Å². The zero-order valence-electron chi connectivity index (χ0n) is 11.7. The number of hydrogen-bond donors (Lipinski definition) is 1. The van der Waals surface area contributed by atoms with Crippen LogP contribution < -0.4 is 10.6 Å². The summed E-state index contributed by atoms with van der Waals surface area (Å²) in [5.41, 5.74) is 7.61. The standard InChI is InChI=1S/C13H17N3O3S2/c1-2-21(17,18)12-8-20-6-5-16(12)13-15-10-7-9(14)3-4-11(10)19-13/h3-4,7,12H,2,5-6,8,14H2,1H3. The lowest BCUT2D eigenvalue weighted by atomic mass is 10.3. The summed E-state index contributed by atoms with van der Waals surface area (Å²) in [6.07, 6.45) is 0. The van der Waals surface area contributed by atoms with E-state index in [0.717, 1.165) is 5.75 Å². The first-order valence-electron chi connectivity index (χ1n) is 6.73. The molecule has 2 N–H and O–H groups in total. The Hall–Kier alpha value is -1.41. The molecule has 0 bridgehead atoms. The third-order valence-corrected chi connectivity index (χ3v) is 6.84. The number of nitrogen functional groups attached to an aromatic ring is 1. The highest BCUT2D eigenvalue weighted by atomic mass is 32.2. The third kappa shape index (κ3) is 2.69. The Bertz CT molecular complexity index is 757. The molecule has 21 heavy (non-hydrogen) atoms. The molecular weight excluding hydrogens is 310 g/mol. The van der Waals surface area contributed by atoms with Crippen molar-refractivity contribution in [3.8, 4) is 0 Å². The first-order valence-corrected chi connectivity index (χ1v) is 9.60. The van der Waals surface area contributed by atoms with Crippen LogP contribution in [0.4, 0.5) is 11.7 Å². The minimum atomic E-state index is -3.18. The molecule has 114 valence electrons. The molecule has 1 aliphatic rings. The van der Waals surface area contributed by atoms with Gasteiger partial charge in [0.1, 0.15) is 10.9 Å². The van der Waals surface area contributed by atoms with E-state index in [0.29, 0.717) is 35.1 Å². The Labute approximate surface area is 127 Å². The molecule has 0 aliphatic carbocycles. The highest BCUT2D eigenvalue weighted by Crippen LogP contribution is 2.30. The van der Waals surface area contributed by atoms with E-state index in [4.69, 9.17) is 10.2 Å². The summed E-state index contributed by atoms with van der Waals surface area (Å²) in [5, 5.41) is -0.577. The van der Waals surface area contributed by atoms with Crippen LogP contribution in [-0.2, 0) is 9.84 Å². The Morgan fingerprint density at radius 3 is 3.10 bits per heavy atom. The van der Waals surface area contributed by atoms with Crippen LogP contribution in [-0.4, -0.2) is 42.6 Å². The van der Waals surface area contributed by atoms with Crippen LogP contribution in [0.2, 0.25) is 0 Å². The van der Waals surface area contributed by atoms with Gasteiger partial charge in [0.25, 0.3) is 6.01 Å². The Balaban J connectivity index is 2.02. The summed E-state index contributed by atoms with van der Waals surface area (Å²) in [4.78, 5) is 6.16. The van der Waals surface area contributed by atoms with Crippen molar-refractivity contribution in [2.45, 2.75) is 12.3 Å². The van der Waals surface area contributed by atoms with Gasteiger partial charge in [0.15, 0.2) is 15.4 Å². The molecule has 0 saturated carbocycles. The van der Waals surface area contributed by atoms with Crippen molar-refractivity contribution in [1.82, 2.24) is 4.98 Å². The Morgan fingerprint density at radius 2 is 2.33 bits per heavy atom. The first-order chi connectivity index (χ1) is 10.0. The van der Waals surface area contributed by atoms with E-state index in [9.17, 15) is 8.42 Å². The lowest BCUT2D eigenvalue weighted by Gasteiger charge is -2.33. The molecule has 1 aromatic carbocycles. The van der Waals surface area contributed by atoms with Gasteiger partial charge in [-0.05, 0) is 18.2 Å². The van der Waals surface area contributed by atoms with Gasteiger partial charge in [0.05, 0.1) is 0 Å². The summed E-state index contributed by atoms with van der Waals surface area (Å²) in [6, 6.07) is 5.58. The number of benzene rings is 1. The van der Waals surface area contributed by atoms with Gasteiger partial charge in [-0.1, -0.05) is 6.92 Å². The molecule has 8 heteroatoms. The lowest BCUT2D eigenvalue weighted by molar-refractivity contribution is 0.543. The fourth-order valence-corrected chi connectivity index (χ4v) is 5.31. The number of oxazole rings is 1. The maximum atomic E-state index is 12.3. The predicted molar refractivity (Wildman–Crippen MR) is 86.3 cm³/mol. The number of sulfone groups is 1. The van der Waals surface area contributed by atoms with Crippen LogP contribution in [0.1, 0.15) is 6.92 Å². The van der Waals surface area contributed by atoms with Gasteiger partial charge >= 0.3 is 0 Å². The van der Waals surface area contributed by atoms with E-state index in [-0.39, 0.29) is 5.75 Å². The summed E-state index contributed by atoms with van der Waals surface area (Å²) in [5.74, 6) is 1.51. The molecule has 1 aromatic heterocycles. The topological polar surface area (TPSA) is 89.4 Å². The molecule has 1 unspecified atom stereocenters. The maximum Gasteiger partial charge on any atom is 0.299 e. The van der Waals surface area contributed by atoms with Crippen LogP contribution in [0.3, 0.4) is 0 Å². The molecule has 0 radical (unpaired) electrons. The average Bonchev–Trinajstić information content (AvgIpc) is 2.90. The largest absolute Gasteiger partial charge is 0.423 e. The van der Waals surface area contributed by atoms with E-state index < -0.39 is 15.2 Å². The number of anilines is 2. The molecule has 1 fully saturated rings. The summed E-state index contributed by atoms with van der Waals surface area (Å²) < 4.78 is 30.2. The van der Waals surface area contributed by atoms with E-state index in [2.05, 4.69) is 4.98 Å². The van der Waals surface area contributed by atoms with Crippen molar-refractivity contribution in [1.29, 1.82) is 0 Å². The predicted octanol–water partition coefficient (Wildman–Crippen LogP) is 1.72. The highest BCUT2D eigenvalue weighted by Gasteiger charge is 2.35. The maximum absolute atomic E-state index is 12.3.